The van der Waals surface area contributed by atoms with E-state index < -0.39 is 5.97 Å². The molecule has 0 amide bonds. The SMILES string of the molecule is C/C=C(\CC)CCC(=O)O. The number of hydrogen-bond acceptors (Lipinski definition) is 1. The first-order chi connectivity index (χ1) is 4.70. The summed E-state index contributed by atoms with van der Waals surface area (Å²) >= 11 is 0. The van der Waals surface area contributed by atoms with Crippen molar-refractivity contribution in [3.63, 3.8) is 0 Å². The van der Waals surface area contributed by atoms with Crippen molar-refractivity contribution in [3.05, 3.63) is 11.6 Å². The molecule has 58 valence electrons. The van der Waals surface area contributed by atoms with Crippen molar-refractivity contribution in [2.75, 3.05) is 0 Å². The van der Waals surface area contributed by atoms with E-state index in [0.717, 1.165) is 6.42 Å². The summed E-state index contributed by atoms with van der Waals surface area (Å²) in [6.45, 7) is 3.98. The third-order valence-electron chi connectivity index (χ3n) is 1.52. The summed E-state index contributed by atoms with van der Waals surface area (Å²) in [7, 11) is 0. The van der Waals surface area contributed by atoms with Crippen LogP contribution >= 0.6 is 0 Å². The second kappa shape index (κ2) is 5.03. The molecule has 0 rings (SSSR count). The summed E-state index contributed by atoms with van der Waals surface area (Å²) in [6, 6.07) is 0. The van der Waals surface area contributed by atoms with Crippen LogP contribution in [0, 0.1) is 0 Å². The van der Waals surface area contributed by atoms with Gasteiger partial charge >= 0.3 is 5.97 Å². The van der Waals surface area contributed by atoms with Crippen LogP contribution in [0.2, 0.25) is 0 Å². The van der Waals surface area contributed by atoms with Gasteiger partial charge in [-0.1, -0.05) is 18.6 Å². The van der Waals surface area contributed by atoms with E-state index in [0.29, 0.717) is 6.42 Å². The van der Waals surface area contributed by atoms with E-state index in [-0.39, 0.29) is 6.42 Å². The maximum Gasteiger partial charge on any atom is 0.303 e. The monoisotopic (exact) mass is 142 g/mol. The number of rotatable bonds is 4. The fraction of sp³-hybridized carbons (Fsp3) is 0.625. The summed E-state index contributed by atoms with van der Waals surface area (Å²) in [6.07, 6.45) is 3.91. The van der Waals surface area contributed by atoms with Crippen LogP contribution in [0.4, 0.5) is 0 Å². The lowest BCUT2D eigenvalue weighted by molar-refractivity contribution is -0.136. The molecule has 10 heavy (non-hydrogen) atoms. The van der Waals surface area contributed by atoms with Gasteiger partial charge in [-0.15, -0.1) is 0 Å². The number of carbonyl (C=O) groups is 1. The largest absolute Gasteiger partial charge is 0.481 e. The molecule has 0 bridgehead atoms. The van der Waals surface area contributed by atoms with Crippen molar-refractivity contribution < 1.29 is 9.90 Å². The Kier molecular flexibility index (Phi) is 4.63. The molecule has 0 aliphatic carbocycles. The van der Waals surface area contributed by atoms with E-state index in [1.807, 2.05) is 19.9 Å². The van der Waals surface area contributed by atoms with Gasteiger partial charge in [0.25, 0.3) is 0 Å². The summed E-state index contributed by atoms with van der Waals surface area (Å²) in [5, 5.41) is 8.33. The lowest BCUT2D eigenvalue weighted by Crippen LogP contribution is -1.94. The van der Waals surface area contributed by atoms with Gasteiger partial charge in [-0.05, 0) is 19.8 Å². The van der Waals surface area contributed by atoms with E-state index in [4.69, 9.17) is 5.11 Å². The molecule has 0 aromatic rings. The van der Waals surface area contributed by atoms with E-state index in [9.17, 15) is 4.79 Å². The molecule has 0 heterocycles. The predicted octanol–water partition coefficient (Wildman–Crippen LogP) is 2.21. The average molecular weight is 142 g/mol. The first-order valence-electron chi connectivity index (χ1n) is 3.56. The first kappa shape index (κ1) is 9.21. The van der Waals surface area contributed by atoms with Crippen molar-refractivity contribution in [1.82, 2.24) is 0 Å². The van der Waals surface area contributed by atoms with Crippen LogP contribution in [0.15, 0.2) is 11.6 Å². The summed E-state index contributed by atoms with van der Waals surface area (Å²) < 4.78 is 0. The van der Waals surface area contributed by atoms with Crippen LogP contribution in [0.3, 0.4) is 0 Å². The molecule has 0 aliphatic rings. The van der Waals surface area contributed by atoms with Crippen LogP contribution in [-0.4, -0.2) is 11.1 Å². The van der Waals surface area contributed by atoms with Crippen LogP contribution in [0.5, 0.6) is 0 Å². The Labute approximate surface area is 61.6 Å². The van der Waals surface area contributed by atoms with Crippen LogP contribution in [-0.2, 0) is 4.79 Å². The van der Waals surface area contributed by atoms with Crippen LogP contribution in [0.25, 0.3) is 0 Å². The Bertz CT molecular complexity index is 136. The molecule has 0 saturated carbocycles. The van der Waals surface area contributed by atoms with Crippen molar-refractivity contribution in [2.24, 2.45) is 0 Å². The van der Waals surface area contributed by atoms with Gasteiger partial charge in [-0.2, -0.15) is 0 Å². The highest BCUT2D eigenvalue weighted by Gasteiger charge is 1.97. The zero-order chi connectivity index (χ0) is 7.98. The Morgan fingerprint density at radius 2 is 2.10 bits per heavy atom. The van der Waals surface area contributed by atoms with Crippen molar-refractivity contribution in [1.29, 1.82) is 0 Å². The molecule has 0 fully saturated rings. The van der Waals surface area contributed by atoms with Gasteiger partial charge in [0, 0.05) is 6.42 Å². The third-order valence-corrected chi connectivity index (χ3v) is 1.52. The fourth-order valence-corrected chi connectivity index (χ4v) is 0.793. The normalized spacial score (nSPS) is 11.6. The number of carboxylic acids is 1. The van der Waals surface area contributed by atoms with E-state index in [2.05, 4.69) is 0 Å². The lowest BCUT2D eigenvalue weighted by atomic mass is 10.1. The Morgan fingerprint density at radius 3 is 2.40 bits per heavy atom. The molecule has 0 spiro atoms. The van der Waals surface area contributed by atoms with Gasteiger partial charge in [0.05, 0.1) is 0 Å². The highest BCUT2D eigenvalue weighted by molar-refractivity contribution is 5.67. The van der Waals surface area contributed by atoms with Crippen molar-refractivity contribution >= 4 is 5.97 Å². The highest BCUT2D eigenvalue weighted by Crippen LogP contribution is 2.08. The zero-order valence-electron chi connectivity index (χ0n) is 6.55. The Balaban J connectivity index is 3.56. The molecule has 0 radical (unpaired) electrons. The Hall–Kier alpha value is -0.790. The van der Waals surface area contributed by atoms with E-state index in [1.54, 1.807) is 0 Å². The topological polar surface area (TPSA) is 37.3 Å². The first-order valence-corrected chi connectivity index (χ1v) is 3.56. The number of allylic oxidation sites excluding steroid dienone is 2. The number of aliphatic carboxylic acids is 1. The molecule has 0 aromatic carbocycles. The average Bonchev–Trinajstić information content (AvgIpc) is 1.90. The fourth-order valence-electron chi connectivity index (χ4n) is 0.793. The maximum atomic E-state index is 10.1. The standard InChI is InChI=1S/C8H14O2/c1-3-7(4-2)5-6-8(9)10/h3H,4-6H2,1-2H3,(H,9,10)/b7-3+. The molecule has 1 N–H and O–H groups in total. The van der Waals surface area contributed by atoms with E-state index in [1.165, 1.54) is 5.57 Å². The highest BCUT2D eigenvalue weighted by atomic mass is 16.4. The van der Waals surface area contributed by atoms with Gasteiger partial charge in [0.1, 0.15) is 0 Å². The summed E-state index contributed by atoms with van der Waals surface area (Å²) in [5.74, 6) is -0.715. The quantitative estimate of drug-likeness (QED) is 0.611. The van der Waals surface area contributed by atoms with Crippen molar-refractivity contribution in [3.8, 4) is 0 Å². The number of carboxylic acid groups (broad SMARTS) is 1. The lowest BCUT2D eigenvalue weighted by Gasteiger charge is -1.98. The van der Waals surface area contributed by atoms with Gasteiger partial charge in [-0.25, -0.2) is 0 Å². The molecular weight excluding hydrogens is 128 g/mol. The minimum Gasteiger partial charge on any atom is -0.481 e. The summed E-state index contributed by atoms with van der Waals surface area (Å²) in [4.78, 5) is 10.1. The second-order valence-electron chi connectivity index (χ2n) is 2.19. The molecule has 0 saturated heterocycles. The summed E-state index contributed by atoms with van der Waals surface area (Å²) in [5.41, 5.74) is 1.22. The smallest absolute Gasteiger partial charge is 0.303 e. The van der Waals surface area contributed by atoms with Gasteiger partial charge in [0.2, 0.25) is 0 Å². The third kappa shape index (κ3) is 4.13. The van der Waals surface area contributed by atoms with Gasteiger partial charge < -0.3 is 5.11 Å². The molecule has 0 aromatic heterocycles. The van der Waals surface area contributed by atoms with Crippen LogP contribution in [0.1, 0.15) is 33.1 Å². The zero-order valence-corrected chi connectivity index (χ0v) is 6.55. The maximum absolute atomic E-state index is 10.1. The predicted molar refractivity (Wildman–Crippen MR) is 40.9 cm³/mol. The molecule has 0 aliphatic heterocycles. The second-order valence-corrected chi connectivity index (χ2v) is 2.19. The molecule has 2 nitrogen and oxygen atoms in total. The Morgan fingerprint density at radius 1 is 1.50 bits per heavy atom. The molecule has 0 atom stereocenters. The molecule has 2 heteroatoms. The molecule has 0 unspecified atom stereocenters. The minimum absolute atomic E-state index is 0.257. The van der Waals surface area contributed by atoms with Crippen LogP contribution < -0.4 is 0 Å². The van der Waals surface area contributed by atoms with E-state index >= 15 is 0 Å². The van der Waals surface area contributed by atoms with Gasteiger partial charge in [-0.3, -0.25) is 4.79 Å². The van der Waals surface area contributed by atoms with Crippen molar-refractivity contribution in [2.45, 2.75) is 33.1 Å². The molecular formula is C8H14O2. The minimum atomic E-state index is -0.715. The van der Waals surface area contributed by atoms with Gasteiger partial charge in [0.15, 0.2) is 0 Å². The number of hydrogen-bond donors (Lipinski definition) is 1.